The number of allylic oxidation sites excluding steroid dienone is 1. The van der Waals surface area contributed by atoms with Crippen LogP contribution in [0.5, 0.6) is 0 Å². The summed E-state index contributed by atoms with van der Waals surface area (Å²) in [5.41, 5.74) is 1.13. The quantitative estimate of drug-likeness (QED) is 0.504. The van der Waals surface area contributed by atoms with Gasteiger partial charge in [-0.25, -0.2) is 0 Å². The van der Waals surface area contributed by atoms with Gasteiger partial charge in [-0.2, -0.15) is 0 Å². The Bertz CT molecular complexity index is 250. The normalized spacial score (nSPS) is 34.0. The molecule has 0 aromatic carbocycles. The molecule has 2 heterocycles. The van der Waals surface area contributed by atoms with Gasteiger partial charge in [0.15, 0.2) is 0 Å². The van der Waals surface area contributed by atoms with Gasteiger partial charge in [0.1, 0.15) is 0 Å². The van der Waals surface area contributed by atoms with Crippen LogP contribution in [0.4, 0.5) is 0 Å². The fourth-order valence-electron chi connectivity index (χ4n) is 1.56. The minimum Gasteiger partial charge on any atom is -0.372 e. The Labute approximate surface area is 66.9 Å². The van der Waals surface area contributed by atoms with Gasteiger partial charge in [0.05, 0.1) is 12.1 Å². The van der Waals surface area contributed by atoms with E-state index < -0.39 is 0 Å². The van der Waals surface area contributed by atoms with E-state index in [9.17, 15) is 0 Å². The highest BCUT2D eigenvalue weighted by atomic mass is 15.2. The number of aliphatic imine (C=N–C) groups is 1. The van der Waals surface area contributed by atoms with Crippen molar-refractivity contribution in [2.45, 2.75) is 19.0 Å². The molecule has 2 heteroatoms. The fourth-order valence-corrected chi connectivity index (χ4v) is 1.56. The van der Waals surface area contributed by atoms with Crippen LogP contribution in [0.3, 0.4) is 0 Å². The van der Waals surface area contributed by atoms with E-state index in [1.54, 1.807) is 0 Å². The molecule has 0 spiro atoms. The molecule has 2 aliphatic heterocycles. The molecule has 2 atom stereocenters. The van der Waals surface area contributed by atoms with Crippen LogP contribution in [0.2, 0.25) is 0 Å². The first kappa shape index (κ1) is 6.65. The lowest BCUT2D eigenvalue weighted by molar-refractivity contribution is 0.392. The second-order valence-electron chi connectivity index (χ2n) is 3.12. The van der Waals surface area contributed by atoms with Gasteiger partial charge >= 0.3 is 0 Å². The molecule has 0 aromatic heterocycles. The molecule has 0 N–H and O–H groups in total. The smallest absolute Gasteiger partial charge is 0.0938 e. The van der Waals surface area contributed by atoms with Crippen molar-refractivity contribution in [2.75, 3.05) is 7.05 Å². The third-order valence-electron chi connectivity index (χ3n) is 2.23. The summed E-state index contributed by atoms with van der Waals surface area (Å²) in [6, 6.07) is 0.837. The van der Waals surface area contributed by atoms with Gasteiger partial charge < -0.3 is 4.90 Å². The van der Waals surface area contributed by atoms with Crippen molar-refractivity contribution in [3.63, 3.8) is 0 Å². The molecule has 0 radical (unpaired) electrons. The van der Waals surface area contributed by atoms with Crippen LogP contribution in [-0.4, -0.2) is 29.7 Å². The van der Waals surface area contributed by atoms with E-state index in [4.69, 9.17) is 0 Å². The Hall–Kier alpha value is -1.05. The number of hydrogen-bond donors (Lipinski definition) is 0. The number of dihydropyridines is 1. The molecule has 2 aliphatic rings. The minimum atomic E-state index is 0.366. The maximum absolute atomic E-state index is 4.50. The molecule has 58 valence electrons. The summed E-state index contributed by atoms with van der Waals surface area (Å²) in [4.78, 5) is 6.69. The van der Waals surface area contributed by atoms with E-state index >= 15 is 0 Å². The highest BCUT2D eigenvalue weighted by molar-refractivity contribution is 5.94. The van der Waals surface area contributed by atoms with E-state index in [0.717, 1.165) is 5.71 Å². The number of likely N-dealkylation sites (N-methyl/N-ethyl adjacent to an activating group) is 1. The predicted octanol–water partition coefficient (Wildman–Crippen LogP) is 1.21. The van der Waals surface area contributed by atoms with Crippen molar-refractivity contribution >= 4 is 5.71 Å². The van der Waals surface area contributed by atoms with Crippen LogP contribution in [0.15, 0.2) is 29.4 Å². The van der Waals surface area contributed by atoms with Gasteiger partial charge in [-0.3, -0.25) is 4.99 Å². The summed E-state index contributed by atoms with van der Waals surface area (Å²) in [6.45, 7) is 2.04. The maximum Gasteiger partial charge on any atom is 0.0938 e. The lowest BCUT2D eigenvalue weighted by Gasteiger charge is -2.23. The topological polar surface area (TPSA) is 15.6 Å². The molecule has 0 aliphatic carbocycles. The van der Waals surface area contributed by atoms with Crippen LogP contribution in [0.1, 0.15) is 6.92 Å². The molecule has 0 saturated heterocycles. The highest BCUT2D eigenvalue weighted by Gasteiger charge is 2.25. The van der Waals surface area contributed by atoms with Gasteiger partial charge in [0.2, 0.25) is 0 Å². The van der Waals surface area contributed by atoms with Crippen molar-refractivity contribution in [2.24, 2.45) is 4.99 Å². The monoisotopic (exact) mass is 148 g/mol. The summed E-state index contributed by atoms with van der Waals surface area (Å²) in [5.74, 6) is 0. The van der Waals surface area contributed by atoms with Crippen LogP contribution < -0.4 is 0 Å². The molecule has 2 unspecified atom stereocenters. The summed E-state index contributed by atoms with van der Waals surface area (Å²) in [7, 11) is 2.08. The first-order valence-electron chi connectivity index (χ1n) is 3.90. The lowest BCUT2D eigenvalue weighted by atomic mass is 10.1. The average molecular weight is 148 g/mol. The number of hydrogen-bond acceptors (Lipinski definition) is 2. The van der Waals surface area contributed by atoms with E-state index in [-0.39, 0.29) is 0 Å². The molecular formula is C9H12N2. The maximum atomic E-state index is 4.50. The van der Waals surface area contributed by atoms with Crippen LogP contribution in [0, 0.1) is 0 Å². The molecular weight excluding hydrogens is 136 g/mol. The standard InChI is InChI=1S/C9H12N2/c1-7-3-4-9-8(10-7)5-6-11(9)2/h3-6,8-9H,1-2H3. The summed E-state index contributed by atoms with van der Waals surface area (Å²) < 4.78 is 0. The third-order valence-corrected chi connectivity index (χ3v) is 2.23. The number of rotatable bonds is 0. The van der Waals surface area contributed by atoms with Crippen LogP contribution >= 0.6 is 0 Å². The summed E-state index contributed by atoms with van der Waals surface area (Å²) >= 11 is 0. The number of fused-ring (bicyclic) bond motifs is 1. The second-order valence-corrected chi connectivity index (χ2v) is 3.12. The zero-order valence-electron chi connectivity index (χ0n) is 6.86. The minimum absolute atomic E-state index is 0.366. The Balaban J connectivity index is 2.26. The molecule has 2 nitrogen and oxygen atoms in total. The fraction of sp³-hybridized carbons (Fsp3) is 0.444. The second kappa shape index (κ2) is 2.22. The average Bonchev–Trinajstić information content (AvgIpc) is 2.32. The third kappa shape index (κ3) is 0.985. The van der Waals surface area contributed by atoms with E-state index in [1.165, 1.54) is 0 Å². The molecule has 0 amide bonds. The zero-order chi connectivity index (χ0) is 7.84. The van der Waals surface area contributed by atoms with E-state index in [0.29, 0.717) is 12.1 Å². The van der Waals surface area contributed by atoms with Gasteiger partial charge in [-0.1, -0.05) is 6.08 Å². The Morgan fingerprint density at radius 3 is 3.09 bits per heavy atom. The largest absolute Gasteiger partial charge is 0.372 e. The van der Waals surface area contributed by atoms with E-state index in [1.807, 2.05) is 6.92 Å². The SMILES string of the molecule is CC1=NC2C=CN(C)C2C=C1. The number of nitrogens with zero attached hydrogens (tertiary/aromatic N) is 2. The zero-order valence-corrected chi connectivity index (χ0v) is 6.86. The van der Waals surface area contributed by atoms with Crippen molar-refractivity contribution < 1.29 is 0 Å². The van der Waals surface area contributed by atoms with Gasteiger partial charge in [0, 0.05) is 12.8 Å². The predicted molar refractivity (Wildman–Crippen MR) is 46.7 cm³/mol. The highest BCUT2D eigenvalue weighted by Crippen LogP contribution is 2.20. The lowest BCUT2D eigenvalue weighted by Crippen LogP contribution is -2.31. The first-order valence-corrected chi connectivity index (χ1v) is 3.90. The van der Waals surface area contributed by atoms with Crippen LogP contribution in [-0.2, 0) is 0 Å². The molecule has 0 saturated carbocycles. The Morgan fingerprint density at radius 2 is 2.27 bits per heavy atom. The molecule has 0 aromatic rings. The molecule has 0 fully saturated rings. The summed E-state index contributed by atoms with van der Waals surface area (Å²) in [6.07, 6.45) is 8.55. The van der Waals surface area contributed by atoms with Gasteiger partial charge in [-0.05, 0) is 25.3 Å². The van der Waals surface area contributed by atoms with Crippen molar-refractivity contribution in [1.29, 1.82) is 0 Å². The van der Waals surface area contributed by atoms with Crippen molar-refractivity contribution in [3.05, 3.63) is 24.4 Å². The van der Waals surface area contributed by atoms with Crippen molar-refractivity contribution in [3.8, 4) is 0 Å². The molecule has 2 rings (SSSR count). The molecule has 11 heavy (non-hydrogen) atoms. The first-order chi connectivity index (χ1) is 5.27. The Kier molecular flexibility index (Phi) is 1.34. The van der Waals surface area contributed by atoms with Crippen molar-refractivity contribution in [1.82, 2.24) is 4.90 Å². The molecule has 0 bridgehead atoms. The summed E-state index contributed by atoms with van der Waals surface area (Å²) in [5, 5.41) is 0. The Morgan fingerprint density at radius 1 is 1.45 bits per heavy atom. The van der Waals surface area contributed by atoms with E-state index in [2.05, 4.69) is 41.4 Å². The van der Waals surface area contributed by atoms with Gasteiger partial charge in [0.25, 0.3) is 0 Å². The van der Waals surface area contributed by atoms with Crippen LogP contribution in [0.25, 0.3) is 0 Å². The van der Waals surface area contributed by atoms with Gasteiger partial charge in [-0.15, -0.1) is 0 Å².